The maximum atomic E-state index is 4.76. The highest BCUT2D eigenvalue weighted by atomic mass is 14.9. The summed E-state index contributed by atoms with van der Waals surface area (Å²) in [5.74, 6) is 0. The van der Waals surface area contributed by atoms with Crippen LogP contribution in [0.3, 0.4) is 0 Å². The molecule has 0 aliphatic carbocycles. The molecule has 0 radical (unpaired) electrons. The standard InChI is InChI=1S/C28H26B2N2/c1-27(2,3)28(29,30)18-13-14-31-23(16-18)17-11-12-25-22(15-17)21-9-6-8-20-19-7-4-5-10-24(19)32(25)26(20)21/h4-16H,29-30H2,1-3H3. The largest absolute Gasteiger partial charge is 0.308 e. The Morgan fingerprint density at radius 3 is 2.19 bits per heavy atom. The Hall–Kier alpha value is -3.26. The Morgan fingerprint density at radius 2 is 1.41 bits per heavy atom. The van der Waals surface area contributed by atoms with Crippen LogP contribution in [0.25, 0.3) is 49.4 Å². The van der Waals surface area contributed by atoms with E-state index in [0.717, 1.165) is 5.69 Å². The smallest absolute Gasteiger partial charge is 0.105 e. The summed E-state index contributed by atoms with van der Waals surface area (Å²) < 4.78 is 2.42. The maximum Gasteiger partial charge on any atom is 0.105 e. The molecule has 0 atom stereocenters. The average Bonchev–Trinajstić information content (AvgIpc) is 3.30. The molecule has 6 aromatic rings. The zero-order valence-electron chi connectivity index (χ0n) is 19.4. The lowest BCUT2D eigenvalue weighted by atomic mass is 9.41. The second-order valence-electron chi connectivity index (χ2n) is 10.6. The lowest BCUT2D eigenvalue weighted by Crippen LogP contribution is -2.41. The van der Waals surface area contributed by atoms with E-state index in [1.165, 1.54) is 49.2 Å². The molecule has 0 aliphatic rings. The fourth-order valence-electron chi connectivity index (χ4n) is 5.00. The van der Waals surface area contributed by atoms with E-state index >= 15 is 0 Å². The van der Waals surface area contributed by atoms with Crippen molar-refractivity contribution >= 4 is 53.8 Å². The number of pyridine rings is 1. The topological polar surface area (TPSA) is 17.3 Å². The summed E-state index contributed by atoms with van der Waals surface area (Å²) in [7, 11) is 4.65. The van der Waals surface area contributed by atoms with Crippen molar-refractivity contribution in [2.45, 2.75) is 26.0 Å². The predicted molar refractivity (Wildman–Crippen MR) is 143 cm³/mol. The van der Waals surface area contributed by atoms with E-state index in [9.17, 15) is 0 Å². The van der Waals surface area contributed by atoms with Crippen LogP contribution in [0.5, 0.6) is 0 Å². The second kappa shape index (κ2) is 6.38. The van der Waals surface area contributed by atoms with Gasteiger partial charge in [-0.1, -0.05) is 74.0 Å². The summed E-state index contributed by atoms with van der Waals surface area (Å²) in [4.78, 5) is 4.76. The van der Waals surface area contributed by atoms with Crippen LogP contribution in [0.15, 0.2) is 79.0 Å². The van der Waals surface area contributed by atoms with Crippen molar-refractivity contribution in [3.63, 3.8) is 0 Å². The minimum Gasteiger partial charge on any atom is -0.308 e. The zero-order valence-corrected chi connectivity index (χ0v) is 19.4. The van der Waals surface area contributed by atoms with Gasteiger partial charge in [-0.2, -0.15) is 0 Å². The van der Waals surface area contributed by atoms with Crippen molar-refractivity contribution in [1.82, 2.24) is 9.38 Å². The van der Waals surface area contributed by atoms with E-state index in [1.807, 2.05) is 6.20 Å². The van der Waals surface area contributed by atoms with Gasteiger partial charge < -0.3 is 4.40 Å². The van der Waals surface area contributed by atoms with Crippen molar-refractivity contribution in [2.75, 3.05) is 0 Å². The molecule has 0 aliphatic heterocycles. The fourth-order valence-corrected chi connectivity index (χ4v) is 5.00. The third-order valence-electron chi connectivity index (χ3n) is 7.87. The number of para-hydroxylation sites is 2. The molecule has 32 heavy (non-hydrogen) atoms. The van der Waals surface area contributed by atoms with Gasteiger partial charge >= 0.3 is 0 Å². The molecular formula is C28H26B2N2. The molecule has 0 fully saturated rings. The van der Waals surface area contributed by atoms with E-state index in [0.29, 0.717) is 0 Å². The van der Waals surface area contributed by atoms with Gasteiger partial charge in [0.2, 0.25) is 0 Å². The van der Waals surface area contributed by atoms with E-state index in [2.05, 4.69) is 114 Å². The highest BCUT2D eigenvalue weighted by Crippen LogP contribution is 2.41. The number of benzene rings is 3. The first-order valence-corrected chi connectivity index (χ1v) is 11.4. The van der Waals surface area contributed by atoms with Gasteiger partial charge in [-0.3, -0.25) is 4.98 Å². The van der Waals surface area contributed by atoms with Crippen LogP contribution in [-0.2, 0) is 5.21 Å². The molecule has 154 valence electrons. The Bertz CT molecular complexity index is 1640. The lowest BCUT2D eigenvalue weighted by Gasteiger charge is -2.40. The summed E-state index contributed by atoms with van der Waals surface area (Å²) in [5, 5.41) is 5.28. The Kier molecular flexibility index (Phi) is 3.88. The average molecular weight is 412 g/mol. The highest BCUT2D eigenvalue weighted by molar-refractivity contribution is 6.40. The third kappa shape index (κ3) is 2.53. The monoisotopic (exact) mass is 412 g/mol. The van der Waals surface area contributed by atoms with E-state index < -0.39 is 0 Å². The van der Waals surface area contributed by atoms with Crippen LogP contribution in [0.1, 0.15) is 26.3 Å². The molecule has 0 amide bonds. The minimum absolute atomic E-state index is 0.0459. The molecule has 0 saturated heterocycles. The fraction of sp³-hybridized carbons (Fsp3) is 0.179. The molecule has 3 aromatic heterocycles. The molecule has 0 unspecified atom stereocenters. The number of fused-ring (bicyclic) bond motifs is 6. The first-order valence-electron chi connectivity index (χ1n) is 11.4. The number of nitrogens with zero attached hydrogens (tertiary/aromatic N) is 2. The molecule has 6 rings (SSSR count). The molecule has 2 nitrogen and oxygen atoms in total. The molecule has 0 spiro atoms. The van der Waals surface area contributed by atoms with Gasteiger partial charge in [0.15, 0.2) is 0 Å². The summed E-state index contributed by atoms with van der Waals surface area (Å²) in [6.45, 7) is 6.92. The lowest BCUT2D eigenvalue weighted by molar-refractivity contribution is 0.358. The van der Waals surface area contributed by atoms with Gasteiger partial charge in [-0.15, -0.1) is 0 Å². The number of hydrogen-bond acceptors (Lipinski definition) is 1. The van der Waals surface area contributed by atoms with Crippen LogP contribution in [0.2, 0.25) is 0 Å². The van der Waals surface area contributed by atoms with Crippen molar-refractivity contribution in [3.05, 3.63) is 84.6 Å². The van der Waals surface area contributed by atoms with Crippen molar-refractivity contribution < 1.29 is 0 Å². The van der Waals surface area contributed by atoms with Crippen LogP contribution in [-0.4, -0.2) is 25.1 Å². The first kappa shape index (κ1) is 19.4. The maximum absolute atomic E-state index is 4.76. The Balaban J connectivity index is 1.60. The quantitative estimate of drug-likeness (QED) is 0.350. The minimum atomic E-state index is 0.0459. The van der Waals surface area contributed by atoms with Crippen molar-refractivity contribution in [2.24, 2.45) is 5.41 Å². The first-order chi connectivity index (χ1) is 15.3. The van der Waals surface area contributed by atoms with Crippen LogP contribution in [0.4, 0.5) is 0 Å². The van der Waals surface area contributed by atoms with Gasteiger partial charge in [-0.25, -0.2) is 0 Å². The molecule has 0 bridgehead atoms. The van der Waals surface area contributed by atoms with Gasteiger partial charge in [0, 0.05) is 33.3 Å². The van der Waals surface area contributed by atoms with Crippen LogP contribution < -0.4 is 0 Å². The van der Waals surface area contributed by atoms with Gasteiger partial charge in [0.1, 0.15) is 15.7 Å². The summed E-state index contributed by atoms with van der Waals surface area (Å²) >= 11 is 0. The molecule has 0 N–H and O–H groups in total. The number of hydrogen-bond donors (Lipinski definition) is 0. The molecule has 0 saturated carbocycles. The summed E-state index contributed by atoms with van der Waals surface area (Å²) in [5.41, 5.74) is 7.54. The zero-order chi connectivity index (χ0) is 22.3. The van der Waals surface area contributed by atoms with Crippen LogP contribution >= 0.6 is 0 Å². The van der Waals surface area contributed by atoms with E-state index in [1.54, 1.807) is 0 Å². The molecule has 3 aromatic carbocycles. The predicted octanol–water partition coefficient (Wildman–Crippen LogP) is 5.36. The van der Waals surface area contributed by atoms with Crippen LogP contribution in [0, 0.1) is 5.41 Å². The normalized spacial score (nSPS) is 13.1. The van der Waals surface area contributed by atoms with E-state index in [4.69, 9.17) is 4.98 Å². The van der Waals surface area contributed by atoms with Gasteiger partial charge in [0.05, 0.1) is 22.2 Å². The van der Waals surface area contributed by atoms with Crippen molar-refractivity contribution in [1.29, 1.82) is 0 Å². The Morgan fingerprint density at radius 1 is 0.719 bits per heavy atom. The second-order valence-corrected chi connectivity index (χ2v) is 10.6. The van der Waals surface area contributed by atoms with Gasteiger partial charge in [0.25, 0.3) is 0 Å². The Labute approximate surface area is 190 Å². The number of rotatable bonds is 2. The summed E-state index contributed by atoms with van der Waals surface area (Å²) in [6.07, 6.45) is 1.96. The van der Waals surface area contributed by atoms with E-state index in [-0.39, 0.29) is 10.6 Å². The SMILES string of the molecule is BC(B)(c1ccnc(-c2ccc3c(c2)c2cccc4c5ccccc5n3c42)c1)C(C)(C)C. The number of aromatic nitrogens is 2. The summed E-state index contributed by atoms with van der Waals surface area (Å²) in [6, 6.07) is 26.6. The molecular weight excluding hydrogens is 386 g/mol. The molecule has 4 heteroatoms. The highest BCUT2D eigenvalue weighted by Gasteiger charge is 2.34. The van der Waals surface area contributed by atoms with Crippen molar-refractivity contribution in [3.8, 4) is 11.3 Å². The van der Waals surface area contributed by atoms with Gasteiger partial charge in [-0.05, 0) is 35.7 Å². The molecule has 3 heterocycles. The third-order valence-corrected chi connectivity index (χ3v) is 7.87.